The van der Waals surface area contributed by atoms with Crippen LogP contribution in [0.15, 0.2) is 85.5 Å². The molecule has 1 atom stereocenters. The van der Waals surface area contributed by atoms with E-state index >= 15 is 0 Å². The van der Waals surface area contributed by atoms with E-state index in [2.05, 4.69) is 51.7 Å². The van der Waals surface area contributed by atoms with Crippen LogP contribution in [0, 0.1) is 0 Å². The van der Waals surface area contributed by atoms with Gasteiger partial charge in [0.2, 0.25) is 11.9 Å². The van der Waals surface area contributed by atoms with E-state index in [1.54, 1.807) is 41.0 Å². The van der Waals surface area contributed by atoms with Crippen molar-refractivity contribution < 1.29 is 41.8 Å². The number of amides is 3. The second-order valence-electron chi connectivity index (χ2n) is 12.2. The molecule has 1 aliphatic carbocycles. The smallest absolute Gasteiger partial charge is 0.422 e. The molecule has 1 saturated carbocycles. The standard InChI is InChI=1S/C35H31ClF3N11O6/c1-55-30(54)26(16-40-28(52)29(53)43-24-3-2-4-25(15-24)50-18-41-42-19-50)45-27(51)20-5-11-23(12-6-20)44-31-46-32(48-33(47-31)56-17-35(37,38)39)49-34(13-14-34)21-7-9-22(36)10-8-21/h2-12,15,18-19,26H,13-14,16-17H2,1H3,(H,40,52)(H,43,53)(H,45,51)(H2,44,46,47,48,49)/t26-/m0/s1. The minimum absolute atomic E-state index is 0.0425. The van der Waals surface area contributed by atoms with Crippen molar-refractivity contribution in [3.05, 3.63) is 102 Å². The van der Waals surface area contributed by atoms with Crippen LogP contribution in [-0.2, 0) is 24.7 Å². The van der Waals surface area contributed by atoms with Crippen molar-refractivity contribution in [2.24, 2.45) is 0 Å². The second kappa shape index (κ2) is 16.7. The fourth-order valence-corrected chi connectivity index (χ4v) is 5.35. The molecular weight excluding hydrogens is 763 g/mol. The number of rotatable bonds is 14. The zero-order valence-electron chi connectivity index (χ0n) is 29.1. The van der Waals surface area contributed by atoms with Crippen LogP contribution in [0.3, 0.4) is 0 Å². The quantitative estimate of drug-likeness (QED) is 0.0797. The first kappa shape index (κ1) is 38.9. The fraction of sp³-hybridized carbons (Fsp3) is 0.229. The summed E-state index contributed by atoms with van der Waals surface area (Å²) in [5.41, 5.74) is 1.65. The summed E-state index contributed by atoms with van der Waals surface area (Å²) < 4.78 is 50.1. The third-order valence-electron chi connectivity index (χ3n) is 8.17. The summed E-state index contributed by atoms with van der Waals surface area (Å²) in [5, 5.41) is 21.2. The lowest BCUT2D eigenvalue weighted by Gasteiger charge is -2.19. The molecule has 5 N–H and O–H groups in total. The monoisotopic (exact) mass is 793 g/mol. The third-order valence-corrected chi connectivity index (χ3v) is 8.42. The maximum Gasteiger partial charge on any atom is 0.422 e. The SMILES string of the molecule is COC(=O)[C@H](CNC(=O)C(=O)Nc1cccc(-n2cnnc2)c1)NC(=O)c1ccc(Nc2nc(NC3(c4ccc(Cl)cc4)CC3)nc(OCC(F)(F)F)n2)cc1. The molecule has 56 heavy (non-hydrogen) atoms. The Hall–Kier alpha value is -6.83. The maximum atomic E-state index is 13.1. The molecule has 0 bridgehead atoms. The lowest BCUT2D eigenvalue weighted by atomic mass is 10.1. The topological polar surface area (TPSA) is 216 Å². The Morgan fingerprint density at radius 3 is 2.25 bits per heavy atom. The predicted octanol–water partition coefficient (Wildman–Crippen LogP) is 3.92. The summed E-state index contributed by atoms with van der Waals surface area (Å²) in [4.78, 5) is 63.1. The summed E-state index contributed by atoms with van der Waals surface area (Å²) in [6, 6.07) is 17.3. The predicted molar refractivity (Wildman–Crippen MR) is 193 cm³/mol. The normalized spacial score (nSPS) is 13.4. The molecule has 3 aromatic carbocycles. The van der Waals surface area contributed by atoms with Gasteiger partial charge < -0.3 is 36.1 Å². The summed E-state index contributed by atoms with van der Waals surface area (Å²) in [5.74, 6) is -3.94. The first-order chi connectivity index (χ1) is 26.8. The van der Waals surface area contributed by atoms with Gasteiger partial charge in [0, 0.05) is 28.5 Å². The molecule has 21 heteroatoms. The summed E-state index contributed by atoms with van der Waals surface area (Å²) >= 11 is 6.03. The van der Waals surface area contributed by atoms with E-state index in [4.69, 9.17) is 21.1 Å². The third kappa shape index (κ3) is 10.2. The van der Waals surface area contributed by atoms with Crippen molar-refractivity contribution in [2.45, 2.75) is 30.6 Å². The highest BCUT2D eigenvalue weighted by atomic mass is 35.5. The molecule has 0 unspecified atom stereocenters. The first-order valence-corrected chi connectivity index (χ1v) is 17.0. The number of esters is 1. The number of alkyl halides is 3. The zero-order valence-corrected chi connectivity index (χ0v) is 29.9. The Kier molecular flexibility index (Phi) is 11.6. The zero-order chi connectivity index (χ0) is 39.9. The van der Waals surface area contributed by atoms with Crippen LogP contribution in [0.1, 0.15) is 28.8 Å². The highest BCUT2D eigenvalue weighted by Gasteiger charge is 2.45. The number of nitrogens with zero attached hydrogens (tertiary/aromatic N) is 6. The van der Waals surface area contributed by atoms with Gasteiger partial charge >= 0.3 is 30.0 Å². The maximum absolute atomic E-state index is 13.1. The van der Waals surface area contributed by atoms with Gasteiger partial charge in [0.15, 0.2) is 6.61 Å². The van der Waals surface area contributed by atoms with Crippen LogP contribution >= 0.6 is 11.6 Å². The van der Waals surface area contributed by atoms with Gasteiger partial charge in [-0.3, -0.25) is 19.0 Å². The van der Waals surface area contributed by atoms with Gasteiger partial charge in [0.25, 0.3) is 5.91 Å². The van der Waals surface area contributed by atoms with Crippen LogP contribution in [-0.4, -0.2) is 85.9 Å². The number of benzene rings is 3. The molecule has 17 nitrogen and oxygen atoms in total. The number of carbonyl (C=O) groups is 4. The summed E-state index contributed by atoms with van der Waals surface area (Å²) in [6.07, 6.45) is -0.335. The minimum atomic E-state index is -4.65. The van der Waals surface area contributed by atoms with Gasteiger partial charge in [-0.25, -0.2) is 4.79 Å². The molecule has 0 spiro atoms. The Balaban J connectivity index is 1.08. The van der Waals surface area contributed by atoms with Crippen molar-refractivity contribution >= 4 is 58.6 Å². The van der Waals surface area contributed by atoms with Gasteiger partial charge in [0.1, 0.15) is 18.7 Å². The van der Waals surface area contributed by atoms with Crippen LogP contribution < -0.4 is 31.3 Å². The second-order valence-corrected chi connectivity index (χ2v) is 12.7. The van der Waals surface area contributed by atoms with Gasteiger partial charge in [-0.2, -0.15) is 28.1 Å². The molecule has 0 aliphatic heterocycles. The molecular formula is C35H31ClF3N11O6. The van der Waals surface area contributed by atoms with Crippen LogP contribution in [0.5, 0.6) is 6.01 Å². The largest absolute Gasteiger partial charge is 0.467 e. The lowest BCUT2D eigenvalue weighted by Crippen LogP contribution is -2.50. The number of hydrogen-bond donors (Lipinski definition) is 5. The molecule has 2 aromatic heterocycles. The molecule has 3 amide bonds. The van der Waals surface area contributed by atoms with E-state index in [0.29, 0.717) is 34.9 Å². The van der Waals surface area contributed by atoms with E-state index in [1.807, 2.05) is 12.1 Å². The number of carbonyl (C=O) groups excluding carboxylic acids is 4. The number of ether oxygens (including phenoxy) is 2. The van der Waals surface area contributed by atoms with E-state index in [9.17, 15) is 32.3 Å². The van der Waals surface area contributed by atoms with Crippen LogP contribution in [0.2, 0.25) is 5.02 Å². The Labute approximate surface area is 320 Å². The average molecular weight is 794 g/mol. The van der Waals surface area contributed by atoms with Crippen molar-refractivity contribution in [3.63, 3.8) is 0 Å². The Morgan fingerprint density at radius 2 is 1.59 bits per heavy atom. The van der Waals surface area contributed by atoms with Crippen LogP contribution in [0.25, 0.3) is 5.69 Å². The molecule has 0 saturated heterocycles. The number of anilines is 4. The number of methoxy groups -OCH3 is 1. The fourth-order valence-electron chi connectivity index (χ4n) is 5.23. The Morgan fingerprint density at radius 1 is 0.893 bits per heavy atom. The van der Waals surface area contributed by atoms with E-state index in [1.165, 1.54) is 36.9 Å². The van der Waals surface area contributed by atoms with Crippen LogP contribution in [0.4, 0.5) is 36.4 Å². The number of hydrogen-bond acceptors (Lipinski definition) is 13. The van der Waals surface area contributed by atoms with Gasteiger partial charge in [0.05, 0.1) is 18.3 Å². The van der Waals surface area contributed by atoms with Crippen molar-refractivity contribution in [2.75, 3.05) is 36.2 Å². The lowest BCUT2D eigenvalue weighted by molar-refractivity contribution is -0.154. The van der Waals surface area contributed by atoms with E-state index in [0.717, 1.165) is 12.7 Å². The highest BCUT2D eigenvalue weighted by molar-refractivity contribution is 6.39. The highest BCUT2D eigenvalue weighted by Crippen LogP contribution is 2.48. The van der Waals surface area contributed by atoms with Gasteiger partial charge in [-0.05, 0) is 73.0 Å². The molecule has 0 radical (unpaired) electrons. The molecule has 290 valence electrons. The van der Waals surface area contributed by atoms with Crippen molar-refractivity contribution in [3.8, 4) is 11.7 Å². The Bertz CT molecular complexity index is 2200. The molecule has 6 rings (SSSR count). The average Bonchev–Trinajstić information content (AvgIpc) is 3.73. The summed E-state index contributed by atoms with van der Waals surface area (Å²) in [7, 11) is 1.09. The van der Waals surface area contributed by atoms with E-state index in [-0.39, 0.29) is 17.5 Å². The minimum Gasteiger partial charge on any atom is -0.467 e. The first-order valence-electron chi connectivity index (χ1n) is 16.6. The number of aromatic nitrogens is 6. The van der Waals surface area contributed by atoms with E-state index < -0.39 is 60.6 Å². The molecule has 2 heterocycles. The number of nitrogens with one attached hydrogen (secondary N) is 5. The number of halogens is 4. The molecule has 1 fully saturated rings. The molecule has 1 aliphatic rings. The summed E-state index contributed by atoms with van der Waals surface area (Å²) in [6.45, 7) is -2.12. The van der Waals surface area contributed by atoms with Crippen molar-refractivity contribution in [1.29, 1.82) is 0 Å². The van der Waals surface area contributed by atoms with Gasteiger partial charge in [-0.1, -0.05) is 29.8 Å². The molecule has 5 aromatic rings. The van der Waals surface area contributed by atoms with Gasteiger partial charge in [-0.15, -0.1) is 10.2 Å². The van der Waals surface area contributed by atoms with Crippen molar-refractivity contribution in [1.82, 2.24) is 40.3 Å².